The lowest BCUT2D eigenvalue weighted by molar-refractivity contribution is -0.292. The molecule has 2 aliphatic carbocycles. The fourth-order valence-electron chi connectivity index (χ4n) is 6.44. The van der Waals surface area contributed by atoms with Crippen LogP contribution in [0.15, 0.2) is 47.8 Å². The Kier molecular flexibility index (Phi) is 8.12. The van der Waals surface area contributed by atoms with E-state index in [0.717, 1.165) is 6.08 Å². The SMILES string of the molecule is C=C1C(=O)OC2C1CCC(C)(O)C1CC(OC3OC(COC(=O)C=Cc4ccc(O)c(O)c4)C(O)C(O)C3O)=C(C)C21. The zero-order valence-corrected chi connectivity index (χ0v) is 23.3. The second-order valence-corrected chi connectivity index (χ2v) is 11.7. The van der Waals surface area contributed by atoms with Crippen molar-refractivity contribution in [2.24, 2.45) is 17.8 Å². The molecule has 2 saturated heterocycles. The van der Waals surface area contributed by atoms with Crippen LogP contribution in [-0.2, 0) is 28.5 Å². The number of hydrogen-bond acceptors (Lipinski definition) is 12. The fraction of sp³-hybridized carbons (Fsp3) is 0.533. The van der Waals surface area contributed by atoms with E-state index in [1.807, 2.05) is 0 Å². The molecule has 10 unspecified atom stereocenters. The molecule has 1 saturated carbocycles. The van der Waals surface area contributed by atoms with E-state index in [1.165, 1.54) is 24.3 Å². The lowest BCUT2D eigenvalue weighted by atomic mass is 9.76. The predicted molar refractivity (Wildman–Crippen MR) is 144 cm³/mol. The van der Waals surface area contributed by atoms with Gasteiger partial charge in [-0.05, 0) is 56.0 Å². The highest BCUT2D eigenvalue weighted by Crippen LogP contribution is 2.54. The van der Waals surface area contributed by atoms with Gasteiger partial charge in [-0.3, -0.25) is 0 Å². The van der Waals surface area contributed by atoms with Crippen molar-refractivity contribution in [3.63, 3.8) is 0 Å². The monoisotopic (exact) mass is 588 g/mol. The number of fused-ring (bicyclic) bond motifs is 3. The minimum atomic E-state index is -1.68. The third kappa shape index (κ3) is 5.52. The Balaban J connectivity index is 1.27. The summed E-state index contributed by atoms with van der Waals surface area (Å²) >= 11 is 0. The summed E-state index contributed by atoms with van der Waals surface area (Å²) in [4.78, 5) is 24.6. The largest absolute Gasteiger partial charge is 0.504 e. The zero-order valence-electron chi connectivity index (χ0n) is 23.3. The molecule has 42 heavy (non-hydrogen) atoms. The smallest absolute Gasteiger partial charge is 0.334 e. The number of hydrogen-bond donors (Lipinski definition) is 6. The van der Waals surface area contributed by atoms with E-state index >= 15 is 0 Å². The number of aliphatic hydroxyl groups excluding tert-OH is 3. The van der Waals surface area contributed by atoms with Crippen LogP contribution in [0.1, 0.15) is 38.7 Å². The first kappa shape index (κ1) is 30.1. The highest BCUT2D eigenvalue weighted by molar-refractivity contribution is 5.91. The minimum absolute atomic E-state index is 0.241. The molecule has 0 bridgehead atoms. The van der Waals surface area contributed by atoms with Gasteiger partial charge in [0.05, 0.1) is 11.4 Å². The van der Waals surface area contributed by atoms with Gasteiger partial charge in [-0.1, -0.05) is 12.6 Å². The van der Waals surface area contributed by atoms with Gasteiger partial charge in [-0.25, -0.2) is 9.59 Å². The molecule has 0 radical (unpaired) electrons. The van der Waals surface area contributed by atoms with Gasteiger partial charge < -0.3 is 49.6 Å². The van der Waals surface area contributed by atoms with Crippen molar-refractivity contribution in [3.05, 3.63) is 53.3 Å². The van der Waals surface area contributed by atoms with Crippen LogP contribution in [0.5, 0.6) is 11.5 Å². The van der Waals surface area contributed by atoms with Crippen LogP contribution in [0.4, 0.5) is 0 Å². The Morgan fingerprint density at radius 1 is 1.17 bits per heavy atom. The Morgan fingerprint density at radius 3 is 2.62 bits per heavy atom. The second kappa shape index (κ2) is 11.3. The molecule has 12 nitrogen and oxygen atoms in total. The fourth-order valence-corrected chi connectivity index (χ4v) is 6.44. The first-order chi connectivity index (χ1) is 19.8. The highest BCUT2D eigenvalue weighted by atomic mass is 16.7. The van der Waals surface area contributed by atoms with Crippen molar-refractivity contribution >= 4 is 18.0 Å². The van der Waals surface area contributed by atoms with Gasteiger partial charge in [-0.15, -0.1) is 0 Å². The number of aliphatic hydroxyl groups is 4. The third-order valence-corrected chi connectivity index (χ3v) is 8.97. The molecule has 2 aliphatic heterocycles. The van der Waals surface area contributed by atoms with Crippen molar-refractivity contribution in [1.82, 2.24) is 0 Å². The minimum Gasteiger partial charge on any atom is -0.504 e. The lowest BCUT2D eigenvalue weighted by Gasteiger charge is -2.40. The topological polar surface area (TPSA) is 192 Å². The Morgan fingerprint density at radius 2 is 1.90 bits per heavy atom. The molecule has 228 valence electrons. The number of carbonyl (C=O) groups excluding carboxylic acids is 2. The van der Waals surface area contributed by atoms with E-state index in [1.54, 1.807) is 13.8 Å². The molecule has 10 atom stereocenters. The maximum atomic E-state index is 12.3. The molecule has 3 fully saturated rings. The van der Waals surface area contributed by atoms with E-state index in [-0.39, 0.29) is 35.7 Å². The molecule has 1 aromatic rings. The van der Waals surface area contributed by atoms with Crippen molar-refractivity contribution < 1.29 is 59.2 Å². The van der Waals surface area contributed by atoms with Crippen molar-refractivity contribution in [2.45, 2.75) is 75.5 Å². The molecule has 5 rings (SSSR count). The number of phenolic OH excluding ortho intramolecular Hbond substituents is 2. The van der Waals surface area contributed by atoms with E-state index in [9.17, 15) is 40.2 Å². The normalized spacial score (nSPS) is 38.2. The van der Waals surface area contributed by atoms with E-state index in [0.29, 0.717) is 35.3 Å². The van der Waals surface area contributed by atoms with E-state index in [2.05, 4.69) is 6.58 Å². The van der Waals surface area contributed by atoms with Crippen molar-refractivity contribution in [1.29, 1.82) is 0 Å². The quantitative estimate of drug-likeness (QED) is 0.157. The van der Waals surface area contributed by atoms with E-state index < -0.39 is 61.0 Å². The van der Waals surface area contributed by atoms with Crippen LogP contribution in [0.3, 0.4) is 0 Å². The summed E-state index contributed by atoms with van der Waals surface area (Å²) in [5, 5.41) is 62.0. The third-order valence-electron chi connectivity index (χ3n) is 8.97. The molecule has 0 spiro atoms. The molecule has 4 aliphatic rings. The molecule has 2 heterocycles. The number of ether oxygens (including phenoxy) is 4. The molecule has 1 aromatic carbocycles. The number of benzene rings is 1. The number of phenols is 2. The van der Waals surface area contributed by atoms with Crippen molar-refractivity contribution in [3.8, 4) is 11.5 Å². The van der Waals surface area contributed by atoms with Gasteiger partial charge in [0, 0.05) is 35.8 Å². The van der Waals surface area contributed by atoms with Crippen molar-refractivity contribution in [2.75, 3.05) is 6.61 Å². The number of rotatable bonds is 6. The molecule has 6 N–H and O–H groups in total. The summed E-state index contributed by atoms with van der Waals surface area (Å²) < 4.78 is 22.6. The maximum Gasteiger partial charge on any atom is 0.334 e. The lowest BCUT2D eigenvalue weighted by Crippen LogP contribution is -2.59. The Hall–Kier alpha value is -3.42. The van der Waals surface area contributed by atoms with Gasteiger partial charge in [0.1, 0.15) is 37.1 Å². The molecule has 12 heteroatoms. The second-order valence-electron chi connectivity index (χ2n) is 11.7. The number of aromatic hydroxyl groups is 2. The Bertz CT molecular complexity index is 1320. The number of allylic oxidation sites excluding steroid dienone is 1. The summed E-state index contributed by atoms with van der Waals surface area (Å²) in [5.74, 6) is -2.48. The molecule has 0 amide bonds. The summed E-state index contributed by atoms with van der Waals surface area (Å²) in [6.07, 6.45) is -4.45. The maximum absolute atomic E-state index is 12.3. The first-order valence-electron chi connectivity index (χ1n) is 13.8. The molecular weight excluding hydrogens is 552 g/mol. The summed E-state index contributed by atoms with van der Waals surface area (Å²) in [7, 11) is 0. The predicted octanol–water partition coefficient (Wildman–Crippen LogP) is 1.03. The summed E-state index contributed by atoms with van der Waals surface area (Å²) in [5.41, 5.74) is 0.417. The van der Waals surface area contributed by atoms with Gasteiger partial charge in [-0.2, -0.15) is 0 Å². The molecular formula is C30H36O12. The van der Waals surface area contributed by atoms with Crippen LogP contribution in [0.2, 0.25) is 0 Å². The summed E-state index contributed by atoms with van der Waals surface area (Å²) in [6.45, 7) is 6.95. The van der Waals surface area contributed by atoms with Crippen LogP contribution in [0.25, 0.3) is 6.08 Å². The van der Waals surface area contributed by atoms with E-state index in [4.69, 9.17) is 18.9 Å². The molecule has 0 aromatic heterocycles. The standard InChI is InChI=1S/C30H36O12/c1-13-16-8-9-30(3,38)17-11-20(14(2)23(17)27(16)42-28(13)37)40-29-26(36)25(35)24(34)21(41-29)12-39-22(33)7-5-15-4-6-18(31)19(32)10-15/h4-7,10,16-17,21,23-27,29,31-32,34-36,38H,1,8-9,11-12H2,2-3H3. The van der Waals surface area contributed by atoms with Crippen LogP contribution < -0.4 is 0 Å². The van der Waals surface area contributed by atoms with Gasteiger partial charge in [0.2, 0.25) is 6.29 Å². The highest BCUT2D eigenvalue weighted by Gasteiger charge is 2.57. The zero-order chi connectivity index (χ0) is 30.5. The Labute approximate surface area is 242 Å². The van der Waals surface area contributed by atoms with Crippen LogP contribution in [-0.4, -0.2) is 91.6 Å². The first-order valence-corrected chi connectivity index (χ1v) is 13.8. The van der Waals surface area contributed by atoms with Crippen LogP contribution in [0, 0.1) is 17.8 Å². The van der Waals surface area contributed by atoms with Gasteiger partial charge in [0.25, 0.3) is 0 Å². The van der Waals surface area contributed by atoms with Gasteiger partial charge in [0.15, 0.2) is 11.5 Å². The number of esters is 2. The average molecular weight is 589 g/mol. The number of carbonyl (C=O) groups is 2. The summed E-state index contributed by atoms with van der Waals surface area (Å²) in [6, 6.07) is 3.97. The van der Waals surface area contributed by atoms with Gasteiger partial charge >= 0.3 is 11.9 Å². The van der Waals surface area contributed by atoms with Crippen LogP contribution >= 0.6 is 0 Å². The average Bonchev–Trinajstić information content (AvgIpc) is 3.38.